The van der Waals surface area contributed by atoms with Crippen LogP contribution in [0.3, 0.4) is 0 Å². The van der Waals surface area contributed by atoms with E-state index in [-0.39, 0.29) is 28.8 Å². The fourth-order valence-corrected chi connectivity index (χ4v) is 4.68. The number of carbonyl (C=O) groups is 2. The minimum absolute atomic E-state index is 0.0320. The molecular weight excluding hydrogens is 448 g/mol. The maximum absolute atomic E-state index is 13.1. The average molecular weight is 475 g/mol. The van der Waals surface area contributed by atoms with Crippen molar-refractivity contribution in [3.8, 4) is 11.5 Å². The lowest BCUT2D eigenvalue weighted by atomic mass is 10.2. The molecule has 1 heterocycles. The van der Waals surface area contributed by atoms with Gasteiger partial charge in [0.05, 0.1) is 21.3 Å². The number of nitrogens with one attached hydrogen (secondary N) is 1. The Morgan fingerprint density at radius 2 is 1.85 bits per heavy atom. The highest BCUT2D eigenvalue weighted by atomic mass is 32.2. The van der Waals surface area contributed by atoms with Crippen molar-refractivity contribution in [2.24, 2.45) is 0 Å². The predicted molar refractivity (Wildman–Crippen MR) is 123 cm³/mol. The van der Waals surface area contributed by atoms with Gasteiger partial charge in [-0.3, -0.25) is 4.79 Å². The van der Waals surface area contributed by atoms with Gasteiger partial charge in [-0.1, -0.05) is 12.1 Å². The minimum Gasteiger partial charge on any atom is -0.493 e. The summed E-state index contributed by atoms with van der Waals surface area (Å²) in [6.07, 6.45) is 3.98. The monoisotopic (exact) mass is 474 g/mol. The van der Waals surface area contributed by atoms with Gasteiger partial charge in [-0.25, -0.2) is 17.9 Å². The summed E-state index contributed by atoms with van der Waals surface area (Å²) in [4.78, 5) is 24.9. The lowest BCUT2D eigenvalue weighted by molar-refractivity contribution is -0.134. The number of rotatable bonds is 9. The Morgan fingerprint density at radius 3 is 2.42 bits per heavy atom. The van der Waals surface area contributed by atoms with E-state index < -0.39 is 16.0 Å². The molecule has 3 rings (SSSR count). The summed E-state index contributed by atoms with van der Waals surface area (Å²) in [5.41, 5.74) is 1.93. The Kier molecular flexibility index (Phi) is 7.72. The maximum Gasteiger partial charge on any atom is 0.330 e. The molecule has 1 amide bonds. The SMILES string of the molecule is COC(=O)/C=C/c1cc(OC)c(OC)c(S(=O)(=O)NCc2ccc(N3CCCC3=O)cc2)c1. The number of hydrogen-bond donors (Lipinski definition) is 1. The first-order valence-electron chi connectivity index (χ1n) is 10.2. The van der Waals surface area contributed by atoms with Crippen molar-refractivity contribution in [2.75, 3.05) is 32.8 Å². The van der Waals surface area contributed by atoms with Crippen LogP contribution in [0.1, 0.15) is 24.0 Å². The van der Waals surface area contributed by atoms with Crippen molar-refractivity contribution >= 4 is 33.7 Å². The third-order valence-corrected chi connectivity index (χ3v) is 6.56. The van der Waals surface area contributed by atoms with Crippen LogP contribution in [-0.2, 0) is 30.9 Å². The van der Waals surface area contributed by atoms with Crippen molar-refractivity contribution < 1.29 is 32.2 Å². The molecule has 176 valence electrons. The summed E-state index contributed by atoms with van der Waals surface area (Å²) < 4.78 is 43.9. The van der Waals surface area contributed by atoms with E-state index in [0.717, 1.165) is 17.7 Å². The quantitative estimate of drug-likeness (QED) is 0.439. The zero-order chi connectivity index (χ0) is 24.0. The number of carbonyl (C=O) groups excluding carboxylic acids is 2. The smallest absolute Gasteiger partial charge is 0.330 e. The lowest BCUT2D eigenvalue weighted by Gasteiger charge is -2.17. The Morgan fingerprint density at radius 1 is 1.12 bits per heavy atom. The van der Waals surface area contributed by atoms with E-state index in [1.165, 1.54) is 39.5 Å². The van der Waals surface area contributed by atoms with Crippen molar-refractivity contribution in [3.63, 3.8) is 0 Å². The molecule has 0 bridgehead atoms. The molecule has 9 nitrogen and oxygen atoms in total. The molecule has 10 heteroatoms. The van der Waals surface area contributed by atoms with Crippen LogP contribution >= 0.6 is 0 Å². The molecule has 0 aliphatic carbocycles. The first-order chi connectivity index (χ1) is 15.8. The van der Waals surface area contributed by atoms with Crippen molar-refractivity contribution in [1.82, 2.24) is 4.72 Å². The molecule has 1 aliphatic rings. The van der Waals surface area contributed by atoms with Crippen LogP contribution in [0.4, 0.5) is 5.69 Å². The molecular formula is C23H26N2O7S. The summed E-state index contributed by atoms with van der Waals surface area (Å²) in [7, 11) is -0.0205. The largest absolute Gasteiger partial charge is 0.493 e. The van der Waals surface area contributed by atoms with Crippen LogP contribution in [0.2, 0.25) is 0 Å². The number of benzene rings is 2. The predicted octanol–water partition coefficient (Wildman–Crippen LogP) is 2.50. The third kappa shape index (κ3) is 5.71. The summed E-state index contributed by atoms with van der Waals surface area (Å²) in [6.45, 7) is 0.720. The molecule has 2 aromatic rings. The highest BCUT2D eigenvalue weighted by Crippen LogP contribution is 2.36. The Bertz CT molecular complexity index is 1160. The lowest BCUT2D eigenvalue weighted by Crippen LogP contribution is -2.25. The van der Waals surface area contributed by atoms with E-state index in [0.29, 0.717) is 18.5 Å². The molecule has 1 fully saturated rings. The molecule has 1 saturated heterocycles. The van der Waals surface area contributed by atoms with Crippen LogP contribution in [0.25, 0.3) is 6.08 Å². The highest BCUT2D eigenvalue weighted by Gasteiger charge is 2.24. The number of hydrogen-bond acceptors (Lipinski definition) is 7. The normalized spacial score (nSPS) is 14.0. The fraction of sp³-hybridized carbons (Fsp3) is 0.304. The van der Waals surface area contributed by atoms with Crippen LogP contribution in [-0.4, -0.2) is 48.2 Å². The Labute approximate surface area is 193 Å². The summed E-state index contributed by atoms with van der Waals surface area (Å²) >= 11 is 0. The van der Waals surface area contributed by atoms with E-state index in [1.807, 2.05) is 0 Å². The van der Waals surface area contributed by atoms with E-state index in [2.05, 4.69) is 9.46 Å². The standard InChI is InChI=1S/C23H26N2O7S/c1-30-19-13-17(8-11-22(27)31-2)14-20(23(19)32-3)33(28,29)24-15-16-6-9-18(10-7-16)25-12-4-5-21(25)26/h6-11,13-14,24H,4-5,12,15H2,1-3H3/b11-8+. The van der Waals surface area contributed by atoms with Crippen molar-refractivity contribution in [2.45, 2.75) is 24.3 Å². The van der Waals surface area contributed by atoms with Crippen LogP contribution < -0.4 is 19.1 Å². The molecule has 1 N–H and O–H groups in total. The van der Waals surface area contributed by atoms with Gasteiger partial charge >= 0.3 is 5.97 Å². The second kappa shape index (κ2) is 10.5. The maximum atomic E-state index is 13.1. The van der Waals surface area contributed by atoms with Gasteiger partial charge in [0.25, 0.3) is 0 Å². The highest BCUT2D eigenvalue weighted by molar-refractivity contribution is 7.89. The summed E-state index contributed by atoms with van der Waals surface area (Å²) in [5.74, 6) is -0.246. The molecule has 0 spiro atoms. The molecule has 2 aromatic carbocycles. The number of amides is 1. The average Bonchev–Trinajstić information content (AvgIpc) is 3.26. The van der Waals surface area contributed by atoms with Crippen molar-refractivity contribution in [1.29, 1.82) is 0 Å². The number of nitrogens with zero attached hydrogens (tertiary/aromatic N) is 1. The van der Waals surface area contributed by atoms with Crippen LogP contribution in [0.15, 0.2) is 47.4 Å². The number of esters is 1. The summed E-state index contributed by atoms with van der Waals surface area (Å²) in [5, 5.41) is 0. The number of anilines is 1. The first kappa shape index (κ1) is 24.3. The fourth-order valence-electron chi connectivity index (χ4n) is 3.45. The van der Waals surface area contributed by atoms with Crippen LogP contribution in [0, 0.1) is 0 Å². The van der Waals surface area contributed by atoms with Gasteiger partial charge in [-0.05, 0) is 47.9 Å². The minimum atomic E-state index is -4.00. The third-order valence-electron chi connectivity index (χ3n) is 5.16. The van der Waals surface area contributed by atoms with E-state index in [9.17, 15) is 18.0 Å². The first-order valence-corrected chi connectivity index (χ1v) is 11.7. The topological polar surface area (TPSA) is 111 Å². The molecule has 0 unspecified atom stereocenters. The van der Waals surface area contributed by atoms with Gasteiger partial charge in [0.15, 0.2) is 11.5 Å². The van der Waals surface area contributed by atoms with E-state index in [4.69, 9.17) is 9.47 Å². The van der Waals surface area contributed by atoms with Gasteiger partial charge in [-0.2, -0.15) is 0 Å². The van der Waals surface area contributed by atoms with Crippen LogP contribution in [0.5, 0.6) is 11.5 Å². The zero-order valence-electron chi connectivity index (χ0n) is 18.7. The van der Waals surface area contributed by atoms with Gasteiger partial charge < -0.3 is 19.1 Å². The molecule has 0 radical (unpaired) electrons. The van der Waals surface area contributed by atoms with E-state index >= 15 is 0 Å². The second-order valence-corrected chi connectivity index (χ2v) is 8.99. The number of sulfonamides is 1. The molecule has 0 aromatic heterocycles. The Hall–Kier alpha value is -3.37. The van der Waals surface area contributed by atoms with Gasteiger partial charge in [-0.15, -0.1) is 0 Å². The Balaban J connectivity index is 1.83. The molecule has 33 heavy (non-hydrogen) atoms. The molecule has 0 saturated carbocycles. The van der Waals surface area contributed by atoms with Crippen molar-refractivity contribution in [3.05, 3.63) is 53.6 Å². The molecule has 1 aliphatic heterocycles. The summed E-state index contributed by atoms with van der Waals surface area (Å²) in [6, 6.07) is 10.1. The molecule has 0 atom stereocenters. The number of methoxy groups -OCH3 is 3. The number of ether oxygens (including phenoxy) is 3. The zero-order valence-corrected chi connectivity index (χ0v) is 19.5. The van der Waals surface area contributed by atoms with E-state index in [1.54, 1.807) is 35.2 Å². The second-order valence-electron chi connectivity index (χ2n) is 7.25. The van der Waals surface area contributed by atoms with Gasteiger partial charge in [0.1, 0.15) is 4.90 Å². The van der Waals surface area contributed by atoms with Gasteiger partial charge in [0, 0.05) is 31.3 Å². The van der Waals surface area contributed by atoms with Gasteiger partial charge in [0.2, 0.25) is 15.9 Å².